The molecule has 0 aromatic rings. The Hall–Kier alpha value is -5.03. The van der Waals surface area contributed by atoms with Gasteiger partial charge in [-0.1, -0.05) is 0 Å². The monoisotopic (exact) mass is 738 g/mol. The highest BCUT2D eigenvalue weighted by molar-refractivity contribution is 7.98. The zero-order valence-corrected chi connectivity index (χ0v) is 27.6. The van der Waals surface area contributed by atoms with Gasteiger partial charge < -0.3 is 63.0 Å². The van der Waals surface area contributed by atoms with Crippen LogP contribution in [0, 0.1) is 0 Å². The third kappa shape index (κ3) is 18.5. The molecule has 0 aromatic heterocycles. The maximum Gasteiger partial charge on any atom is 0.328 e. The number of nitrogens with two attached hydrogens (primary N) is 1. The van der Waals surface area contributed by atoms with Crippen LogP contribution in [0.1, 0.15) is 51.4 Å². The molecule has 23 heteroatoms. The fourth-order valence-corrected chi connectivity index (χ4v) is 4.42. The second-order valence-electron chi connectivity index (χ2n) is 10.6. The van der Waals surface area contributed by atoms with Gasteiger partial charge in [-0.2, -0.15) is 11.8 Å². The van der Waals surface area contributed by atoms with Crippen LogP contribution in [0.5, 0.6) is 0 Å². The average Bonchev–Trinajstić information content (AvgIpc) is 3.02. The molecular formula is C27H42N6O16S. The lowest BCUT2D eigenvalue weighted by atomic mass is 10.1. The second kappa shape index (κ2) is 23.3. The largest absolute Gasteiger partial charge is 0.481 e. The number of thioether (sulfide) groups is 1. The number of aliphatic carboxylic acids is 5. The summed E-state index contributed by atoms with van der Waals surface area (Å²) in [6.45, 7) is -1.06. The standard InChI is InChI=1S/C27H42N6O16S/c1-50-9-8-16(32-23(44)13(2-5-18(35)36)29-22(43)12(28)10-21(41)42)26(47)31-14(3-6-19(37)38)24(45)30-15(4-7-20(39)40)25(46)33-17(11-34)27(48)49/h12-17,34H,2-11,28H2,1H3,(H,29,43)(H,30,45)(H,31,47)(H,32,44)(H,33,46)(H,35,36)(H,37,38)(H,39,40)(H,41,42)(H,48,49)/t12-,13-,14-,15-,16-,17-/m0/s1. The fraction of sp³-hybridized carbons (Fsp3) is 0.630. The van der Waals surface area contributed by atoms with Gasteiger partial charge in [-0.25, -0.2) is 4.79 Å². The van der Waals surface area contributed by atoms with E-state index in [0.717, 1.165) is 0 Å². The molecule has 0 saturated heterocycles. The first-order valence-electron chi connectivity index (χ1n) is 14.8. The van der Waals surface area contributed by atoms with E-state index in [0.29, 0.717) is 0 Å². The summed E-state index contributed by atoms with van der Waals surface area (Å²) in [7, 11) is 0. The Kier molecular flexibility index (Phi) is 21.0. The lowest BCUT2D eigenvalue weighted by Gasteiger charge is -2.27. The summed E-state index contributed by atoms with van der Waals surface area (Å²) in [5, 5.41) is 65.3. The summed E-state index contributed by atoms with van der Waals surface area (Å²) < 4.78 is 0. The Morgan fingerprint density at radius 2 is 0.840 bits per heavy atom. The van der Waals surface area contributed by atoms with Crippen LogP contribution in [0.3, 0.4) is 0 Å². The highest BCUT2D eigenvalue weighted by Gasteiger charge is 2.33. The third-order valence-corrected chi connectivity index (χ3v) is 7.26. The van der Waals surface area contributed by atoms with Crippen molar-refractivity contribution in [2.24, 2.45) is 5.73 Å². The first-order valence-corrected chi connectivity index (χ1v) is 16.2. The minimum absolute atomic E-state index is 0.120. The summed E-state index contributed by atoms with van der Waals surface area (Å²) >= 11 is 1.22. The van der Waals surface area contributed by atoms with Gasteiger partial charge in [0.05, 0.1) is 19.1 Å². The van der Waals surface area contributed by atoms with Crippen molar-refractivity contribution in [1.82, 2.24) is 26.6 Å². The molecule has 0 rings (SSSR count). The van der Waals surface area contributed by atoms with Crippen molar-refractivity contribution in [3.63, 3.8) is 0 Å². The number of aliphatic hydroxyl groups excluding tert-OH is 1. The summed E-state index contributed by atoms with van der Waals surface area (Å²) in [5.41, 5.74) is 5.52. The number of carbonyl (C=O) groups is 10. The second-order valence-corrected chi connectivity index (χ2v) is 11.6. The number of hydrogen-bond acceptors (Lipinski definition) is 13. The number of nitrogens with one attached hydrogen (secondary N) is 5. The topological polar surface area (TPSA) is 378 Å². The van der Waals surface area contributed by atoms with Gasteiger partial charge in [0.2, 0.25) is 29.5 Å². The normalized spacial score (nSPS) is 14.3. The van der Waals surface area contributed by atoms with Gasteiger partial charge in [-0.15, -0.1) is 0 Å². The number of carboxylic acids is 5. The molecule has 282 valence electrons. The van der Waals surface area contributed by atoms with E-state index in [9.17, 15) is 58.2 Å². The first kappa shape index (κ1) is 45.0. The number of carboxylic acid groups (broad SMARTS) is 5. The molecule has 0 aliphatic rings. The van der Waals surface area contributed by atoms with E-state index in [1.807, 2.05) is 5.32 Å². The summed E-state index contributed by atoms with van der Waals surface area (Å²) in [5.74, 6) is -12.7. The predicted octanol–water partition coefficient (Wildman–Crippen LogP) is -4.36. The van der Waals surface area contributed by atoms with Gasteiger partial charge in [-0.3, -0.25) is 43.2 Å². The van der Waals surface area contributed by atoms with E-state index in [1.54, 1.807) is 6.26 Å². The first-order chi connectivity index (χ1) is 23.3. The zero-order valence-electron chi connectivity index (χ0n) is 26.8. The van der Waals surface area contributed by atoms with E-state index in [1.165, 1.54) is 11.8 Å². The Balaban J connectivity index is 6.24. The predicted molar refractivity (Wildman–Crippen MR) is 168 cm³/mol. The SMILES string of the molecule is CSCC[C@H](NC(=O)[C@H](CCC(=O)O)NC(=O)[C@@H](N)CC(=O)O)C(=O)N[C@@H](CCC(=O)O)C(=O)N[C@@H](CCC(=O)O)C(=O)N[C@@H](CO)C(=O)O. The van der Waals surface area contributed by atoms with E-state index in [2.05, 4.69) is 21.3 Å². The molecule has 0 aliphatic heterocycles. The van der Waals surface area contributed by atoms with Crippen LogP contribution in [0.25, 0.3) is 0 Å². The number of carbonyl (C=O) groups excluding carboxylic acids is 5. The Bertz CT molecular complexity index is 1270. The van der Waals surface area contributed by atoms with Crippen molar-refractivity contribution in [1.29, 1.82) is 0 Å². The van der Waals surface area contributed by atoms with Crippen molar-refractivity contribution in [2.75, 3.05) is 18.6 Å². The zero-order chi connectivity index (χ0) is 38.6. The van der Waals surface area contributed by atoms with E-state index >= 15 is 0 Å². The lowest BCUT2D eigenvalue weighted by molar-refractivity contribution is -0.144. The molecule has 0 fully saturated rings. The highest BCUT2D eigenvalue weighted by atomic mass is 32.2. The maximum atomic E-state index is 13.4. The molecular weight excluding hydrogens is 696 g/mol. The van der Waals surface area contributed by atoms with Crippen molar-refractivity contribution in [2.45, 2.75) is 87.6 Å². The molecule has 5 amide bonds. The molecule has 0 radical (unpaired) electrons. The van der Waals surface area contributed by atoms with Gasteiger partial charge in [0, 0.05) is 19.3 Å². The molecule has 0 bridgehead atoms. The van der Waals surface area contributed by atoms with Crippen molar-refractivity contribution in [3.05, 3.63) is 0 Å². The van der Waals surface area contributed by atoms with Crippen LogP contribution in [0.4, 0.5) is 0 Å². The summed E-state index contributed by atoms with van der Waals surface area (Å²) in [6.07, 6.45) is -3.04. The molecule has 13 N–H and O–H groups in total. The number of amides is 5. The van der Waals surface area contributed by atoms with E-state index < -0.39 is 147 Å². The molecule has 0 aromatic carbocycles. The number of hydrogen-bond donors (Lipinski definition) is 12. The molecule has 22 nitrogen and oxygen atoms in total. The molecule has 0 heterocycles. The maximum absolute atomic E-state index is 13.4. The minimum atomic E-state index is -1.83. The smallest absolute Gasteiger partial charge is 0.328 e. The summed E-state index contributed by atoms with van der Waals surface area (Å²) in [4.78, 5) is 121. The lowest BCUT2D eigenvalue weighted by Crippen LogP contribution is -2.59. The minimum Gasteiger partial charge on any atom is -0.481 e. The highest BCUT2D eigenvalue weighted by Crippen LogP contribution is 2.08. The van der Waals surface area contributed by atoms with E-state index in [-0.39, 0.29) is 12.2 Å². The quantitative estimate of drug-likeness (QED) is 0.0399. The summed E-state index contributed by atoms with van der Waals surface area (Å²) in [6, 6.07) is -10.00. The Morgan fingerprint density at radius 3 is 1.12 bits per heavy atom. The average molecular weight is 739 g/mol. The van der Waals surface area contributed by atoms with Crippen molar-refractivity contribution < 1.29 is 78.6 Å². The molecule has 0 saturated carbocycles. The van der Waals surface area contributed by atoms with Crippen LogP contribution in [-0.4, -0.2) is 145 Å². The van der Waals surface area contributed by atoms with Gasteiger partial charge in [0.1, 0.15) is 30.2 Å². The number of aliphatic hydroxyl groups is 1. The van der Waals surface area contributed by atoms with Gasteiger partial charge >= 0.3 is 29.8 Å². The molecule has 0 aliphatic carbocycles. The number of rotatable bonds is 26. The van der Waals surface area contributed by atoms with Crippen LogP contribution in [0.2, 0.25) is 0 Å². The van der Waals surface area contributed by atoms with Gasteiger partial charge in [-0.05, 0) is 37.7 Å². The Morgan fingerprint density at radius 1 is 0.520 bits per heavy atom. The van der Waals surface area contributed by atoms with Crippen LogP contribution < -0.4 is 32.3 Å². The van der Waals surface area contributed by atoms with E-state index in [4.69, 9.17) is 26.2 Å². The van der Waals surface area contributed by atoms with Crippen LogP contribution in [-0.2, 0) is 47.9 Å². The fourth-order valence-electron chi connectivity index (χ4n) is 3.95. The van der Waals surface area contributed by atoms with Crippen LogP contribution in [0.15, 0.2) is 0 Å². The molecule has 0 spiro atoms. The van der Waals surface area contributed by atoms with Crippen molar-refractivity contribution in [3.8, 4) is 0 Å². The van der Waals surface area contributed by atoms with Crippen LogP contribution >= 0.6 is 11.8 Å². The molecule has 6 atom stereocenters. The van der Waals surface area contributed by atoms with Gasteiger partial charge in [0.25, 0.3) is 0 Å². The van der Waals surface area contributed by atoms with Crippen molar-refractivity contribution >= 4 is 71.1 Å². The van der Waals surface area contributed by atoms with Gasteiger partial charge in [0.15, 0.2) is 0 Å². The Labute approximate surface area is 288 Å². The molecule has 50 heavy (non-hydrogen) atoms. The molecule has 0 unspecified atom stereocenters. The third-order valence-electron chi connectivity index (χ3n) is 6.61.